The number of allylic oxidation sites excluding steroid dienone is 4. The Labute approximate surface area is 163 Å². The first-order valence-electron chi connectivity index (χ1n) is 9.55. The fourth-order valence-electron chi connectivity index (χ4n) is 6.73. The van der Waals surface area contributed by atoms with Crippen molar-refractivity contribution in [3.8, 4) is 0 Å². The van der Waals surface area contributed by atoms with Crippen molar-refractivity contribution in [3.63, 3.8) is 0 Å². The third-order valence-electron chi connectivity index (χ3n) is 8.31. The molecular formula is C21H25FO4S. The van der Waals surface area contributed by atoms with Crippen molar-refractivity contribution in [3.05, 3.63) is 23.8 Å². The van der Waals surface area contributed by atoms with Crippen molar-refractivity contribution in [2.45, 2.75) is 57.7 Å². The third kappa shape index (κ3) is 1.96. The molecule has 3 fully saturated rings. The van der Waals surface area contributed by atoms with Gasteiger partial charge in [-0.3, -0.25) is 14.4 Å². The number of aliphatic hydroxyl groups is 1. The Morgan fingerprint density at radius 1 is 1.30 bits per heavy atom. The Hall–Kier alpha value is -1.27. The van der Waals surface area contributed by atoms with Crippen LogP contribution in [0.15, 0.2) is 23.8 Å². The van der Waals surface area contributed by atoms with E-state index in [1.165, 1.54) is 12.2 Å². The topological polar surface area (TPSA) is 71.4 Å². The van der Waals surface area contributed by atoms with E-state index in [-0.39, 0.29) is 18.1 Å². The van der Waals surface area contributed by atoms with Crippen LogP contribution in [0.2, 0.25) is 0 Å². The van der Waals surface area contributed by atoms with Crippen LogP contribution in [0.4, 0.5) is 4.39 Å². The Balaban J connectivity index is 1.87. The van der Waals surface area contributed by atoms with Crippen LogP contribution in [-0.2, 0) is 14.4 Å². The first kappa shape index (κ1) is 19.1. The van der Waals surface area contributed by atoms with Crippen LogP contribution in [0, 0.1) is 28.6 Å². The van der Waals surface area contributed by atoms with Gasteiger partial charge in [-0.2, -0.15) is 0 Å². The standard InChI is InChI=1S/C21H25FO4S/c1-11-8-15-14-5-4-12-9-13(23)6-7-18(12,2)20(14,22)16(24)10-19(15,3)21(11,26)17(25)27/h6-7,9,11,14-15,26H,4-5,8,10H2,1-3H3,(H,25,27)/t11-,14-,15-,18-,19-,20-,21-/m0/s1. The van der Waals surface area contributed by atoms with Crippen molar-refractivity contribution in [2.24, 2.45) is 28.6 Å². The summed E-state index contributed by atoms with van der Waals surface area (Å²) in [7, 11) is 0. The summed E-state index contributed by atoms with van der Waals surface area (Å²) in [5.41, 5.74) is -5.40. The van der Waals surface area contributed by atoms with Gasteiger partial charge in [-0.15, -0.1) is 12.6 Å². The van der Waals surface area contributed by atoms with Crippen molar-refractivity contribution < 1.29 is 23.9 Å². The lowest BCUT2D eigenvalue weighted by atomic mass is 9.45. The third-order valence-corrected chi connectivity index (χ3v) is 8.65. The van der Waals surface area contributed by atoms with Gasteiger partial charge in [-0.05, 0) is 50.2 Å². The van der Waals surface area contributed by atoms with E-state index >= 15 is 4.39 Å². The minimum absolute atomic E-state index is 0.179. The first-order valence-corrected chi connectivity index (χ1v) is 10.00. The Morgan fingerprint density at radius 2 is 1.96 bits per heavy atom. The van der Waals surface area contributed by atoms with E-state index in [2.05, 4.69) is 12.6 Å². The number of fused-ring (bicyclic) bond motifs is 5. The van der Waals surface area contributed by atoms with Gasteiger partial charge in [0.1, 0.15) is 5.60 Å². The summed E-state index contributed by atoms with van der Waals surface area (Å²) in [6.07, 6.45) is 5.58. The molecule has 27 heavy (non-hydrogen) atoms. The molecule has 4 rings (SSSR count). The Morgan fingerprint density at radius 3 is 2.59 bits per heavy atom. The molecule has 1 N–H and O–H groups in total. The molecule has 4 aliphatic rings. The first-order chi connectivity index (χ1) is 12.4. The number of ketones is 2. The molecule has 0 radical (unpaired) electrons. The van der Waals surface area contributed by atoms with Crippen LogP contribution in [0.3, 0.4) is 0 Å². The zero-order valence-electron chi connectivity index (χ0n) is 15.8. The quantitative estimate of drug-likeness (QED) is 0.673. The van der Waals surface area contributed by atoms with Crippen molar-refractivity contribution >= 4 is 29.3 Å². The van der Waals surface area contributed by atoms with Crippen LogP contribution in [0.25, 0.3) is 0 Å². The molecule has 3 saturated carbocycles. The highest BCUT2D eigenvalue weighted by molar-refractivity contribution is 7.96. The second-order valence-electron chi connectivity index (χ2n) is 9.30. The lowest BCUT2D eigenvalue weighted by Gasteiger charge is -2.59. The van der Waals surface area contributed by atoms with Gasteiger partial charge in [-0.25, -0.2) is 4.39 Å². The molecule has 7 atom stereocenters. The second-order valence-corrected chi connectivity index (χ2v) is 9.70. The van der Waals surface area contributed by atoms with Gasteiger partial charge in [-0.1, -0.05) is 25.5 Å². The monoisotopic (exact) mass is 392 g/mol. The summed E-state index contributed by atoms with van der Waals surface area (Å²) in [4.78, 5) is 37.3. The molecule has 0 heterocycles. The van der Waals surface area contributed by atoms with Gasteiger partial charge >= 0.3 is 0 Å². The van der Waals surface area contributed by atoms with Crippen molar-refractivity contribution in [1.82, 2.24) is 0 Å². The largest absolute Gasteiger partial charge is 0.380 e. The van der Waals surface area contributed by atoms with Crippen molar-refractivity contribution in [1.29, 1.82) is 0 Å². The zero-order chi connectivity index (χ0) is 20.0. The molecule has 0 aliphatic heterocycles. The molecular weight excluding hydrogens is 367 g/mol. The number of hydrogen-bond acceptors (Lipinski definition) is 4. The maximum absolute atomic E-state index is 16.7. The van der Waals surface area contributed by atoms with Crippen molar-refractivity contribution in [2.75, 3.05) is 0 Å². The number of alkyl halides is 1. The maximum atomic E-state index is 16.7. The molecule has 4 nitrogen and oxygen atoms in total. The molecule has 0 saturated heterocycles. The zero-order valence-corrected chi connectivity index (χ0v) is 16.7. The second kappa shape index (κ2) is 5.41. The average Bonchev–Trinajstić information content (AvgIpc) is 2.79. The number of rotatable bonds is 1. The van der Waals surface area contributed by atoms with Crippen LogP contribution < -0.4 is 0 Å². The highest BCUT2D eigenvalue weighted by Gasteiger charge is 2.75. The molecule has 0 spiro atoms. The van der Waals surface area contributed by atoms with Crippen LogP contribution >= 0.6 is 12.6 Å². The molecule has 146 valence electrons. The number of hydrogen-bond donors (Lipinski definition) is 2. The van der Waals surface area contributed by atoms with Gasteiger partial charge in [0.25, 0.3) is 0 Å². The van der Waals surface area contributed by atoms with E-state index < -0.39 is 44.8 Å². The molecule has 0 amide bonds. The number of halogens is 1. The summed E-state index contributed by atoms with van der Waals surface area (Å²) in [5.74, 6) is -2.07. The van der Waals surface area contributed by atoms with E-state index in [9.17, 15) is 19.5 Å². The molecule has 4 aliphatic carbocycles. The fourth-order valence-corrected chi connectivity index (χ4v) is 7.21. The lowest BCUT2D eigenvalue weighted by Crippen LogP contribution is -2.67. The van der Waals surface area contributed by atoms with Crippen LogP contribution in [0.1, 0.15) is 46.5 Å². The van der Waals surface area contributed by atoms with Crippen LogP contribution in [-0.4, -0.2) is 33.1 Å². The number of carbonyl (C=O) groups excluding carboxylic acids is 3. The van der Waals surface area contributed by atoms with E-state index in [0.717, 1.165) is 0 Å². The number of Topliss-reactive ketones (excluding diaryl/α,β-unsaturated/α-hetero) is 1. The molecule has 0 aromatic carbocycles. The van der Waals surface area contributed by atoms with E-state index in [1.54, 1.807) is 26.8 Å². The number of thiol groups is 1. The highest BCUT2D eigenvalue weighted by atomic mass is 32.1. The van der Waals surface area contributed by atoms with Crippen LogP contribution in [0.5, 0.6) is 0 Å². The van der Waals surface area contributed by atoms with E-state index in [0.29, 0.717) is 24.8 Å². The highest BCUT2D eigenvalue weighted by Crippen LogP contribution is 2.69. The smallest absolute Gasteiger partial charge is 0.218 e. The fraction of sp³-hybridized carbons (Fsp3) is 0.667. The Bertz CT molecular complexity index is 834. The predicted molar refractivity (Wildman–Crippen MR) is 101 cm³/mol. The summed E-state index contributed by atoms with van der Waals surface area (Å²) in [6, 6.07) is 0. The van der Waals surface area contributed by atoms with Gasteiger partial charge < -0.3 is 5.11 Å². The van der Waals surface area contributed by atoms with Gasteiger partial charge in [0.2, 0.25) is 5.12 Å². The van der Waals surface area contributed by atoms with E-state index in [4.69, 9.17) is 0 Å². The predicted octanol–water partition coefficient (Wildman–Crippen LogP) is 3.00. The minimum Gasteiger partial charge on any atom is -0.380 e. The molecule has 0 aromatic rings. The molecule has 0 bridgehead atoms. The van der Waals surface area contributed by atoms with Gasteiger partial charge in [0.15, 0.2) is 17.2 Å². The van der Waals surface area contributed by atoms with E-state index in [1.807, 2.05) is 0 Å². The summed E-state index contributed by atoms with van der Waals surface area (Å²) in [5, 5.41) is 10.6. The van der Waals surface area contributed by atoms with Gasteiger partial charge in [0, 0.05) is 23.2 Å². The summed E-state index contributed by atoms with van der Waals surface area (Å²) >= 11 is 3.93. The molecule has 6 heteroatoms. The minimum atomic E-state index is -2.14. The lowest BCUT2D eigenvalue weighted by molar-refractivity contribution is -0.182. The number of carbonyl (C=O) groups is 3. The Kier molecular flexibility index (Phi) is 3.82. The molecule has 0 aromatic heterocycles. The SMILES string of the molecule is C[C@H]1C[C@H]2[C@@H]3CCC4=CC(=O)C=C[C@]4(C)[C@@]3(F)C(=O)C[C@]2(C)[C@@]1(O)C(=O)S. The molecule has 0 unspecified atom stereocenters. The average molecular weight is 392 g/mol. The summed E-state index contributed by atoms with van der Waals surface area (Å²) < 4.78 is 16.7. The maximum Gasteiger partial charge on any atom is 0.218 e. The van der Waals surface area contributed by atoms with Gasteiger partial charge in [0.05, 0.1) is 0 Å². The summed E-state index contributed by atoms with van der Waals surface area (Å²) in [6.45, 7) is 5.21. The normalized spacial score (nSPS) is 51.3.